The standard InChI is InChI=1S/C17H16ClN5O2S/c1-23(10-11-25-13-7-5-12(18)6-8-13)17(24)20-16-22-21-15(26-16)14-4-2-3-9-19-14/h2-9H,10-11H2,1H3,(H,20,22,24). The zero-order chi connectivity index (χ0) is 18.4. The normalized spacial score (nSPS) is 10.4. The van der Waals surface area contributed by atoms with Crippen LogP contribution in [0.1, 0.15) is 0 Å². The van der Waals surface area contributed by atoms with Crippen molar-refractivity contribution in [3.05, 3.63) is 53.7 Å². The van der Waals surface area contributed by atoms with Crippen LogP contribution < -0.4 is 10.1 Å². The fourth-order valence-corrected chi connectivity index (χ4v) is 2.82. The molecule has 0 radical (unpaired) electrons. The first-order valence-corrected chi connectivity index (χ1v) is 8.96. The number of amides is 2. The molecular formula is C17H16ClN5O2S. The Balaban J connectivity index is 1.48. The van der Waals surface area contributed by atoms with Gasteiger partial charge in [0.25, 0.3) is 0 Å². The number of pyridine rings is 1. The Labute approximate surface area is 159 Å². The molecule has 0 unspecified atom stereocenters. The van der Waals surface area contributed by atoms with E-state index in [9.17, 15) is 4.79 Å². The third kappa shape index (κ3) is 4.90. The lowest BCUT2D eigenvalue weighted by Crippen LogP contribution is -2.34. The molecule has 3 aromatic rings. The zero-order valence-electron chi connectivity index (χ0n) is 13.9. The van der Waals surface area contributed by atoms with E-state index in [1.807, 2.05) is 18.2 Å². The van der Waals surface area contributed by atoms with Crippen LogP contribution in [-0.2, 0) is 0 Å². The van der Waals surface area contributed by atoms with Crippen LogP contribution in [0.5, 0.6) is 5.75 Å². The predicted octanol–water partition coefficient (Wildman–Crippen LogP) is 3.80. The van der Waals surface area contributed by atoms with E-state index in [0.717, 1.165) is 5.69 Å². The number of carbonyl (C=O) groups excluding carboxylic acids is 1. The topological polar surface area (TPSA) is 80.2 Å². The maximum Gasteiger partial charge on any atom is 0.323 e. The van der Waals surface area contributed by atoms with Gasteiger partial charge in [0, 0.05) is 18.3 Å². The molecule has 0 aliphatic carbocycles. The van der Waals surface area contributed by atoms with E-state index in [0.29, 0.717) is 34.1 Å². The summed E-state index contributed by atoms with van der Waals surface area (Å²) in [5.41, 5.74) is 0.718. The van der Waals surface area contributed by atoms with Gasteiger partial charge in [0.2, 0.25) is 5.13 Å². The molecule has 9 heteroatoms. The number of ether oxygens (including phenoxy) is 1. The number of likely N-dealkylation sites (N-methyl/N-ethyl adjacent to an activating group) is 1. The van der Waals surface area contributed by atoms with E-state index < -0.39 is 0 Å². The number of halogens is 1. The molecule has 7 nitrogen and oxygen atoms in total. The van der Waals surface area contributed by atoms with Crippen molar-refractivity contribution in [3.8, 4) is 16.5 Å². The average molecular weight is 390 g/mol. The monoisotopic (exact) mass is 389 g/mol. The largest absolute Gasteiger partial charge is 0.492 e. The summed E-state index contributed by atoms with van der Waals surface area (Å²) in [4.78, 5) is 17.9. The molecule has 2 aromatic heterocycles. The number of nitrogens with zero attached hydrogens (tertiary/aromatic N) is 4. The van der Waals surface area contributed by atoms with Gasteiger partial charge in [0.1, 0.15) is 18.1 Å². The first-order chi connectivity index (χ1) is 12.6. The SMILES string of the molecule is CN(CCOc1ccc(Cl)cc1)C(=O)Nc1nnc(-c2ccccn2)s1. The molecule has 0 aliphatic heterocycles. The fourth-order valence-electron chi connectivity index (χ4n) is 1.99. The molecule has 1 aromatic carbocycles. The summed E-state index contributed by atoms with van der Waals surface area (Å²) in [7, 11) is 1.68. The van der Waals surface area contributed by atoms with Crippen molar-refractivity contribution in [1.29, 1.82) is 0 Å². The van der Waals surface area contributed by atoms with E-state index >= 15 is 0 Å². The van der Waals surface area contributed by atoms with Crippen LogP contribution in [0.25, 0.3) is 10.7 Å². The Hall–Kier alpha value is -2.71. The summed E-state index contributed by atoms with van der Waals surface area (Å²) in [5.74, 6) is 0.701. The van der Waals surface area contributed by atoms with Crippen LogP contribution in [0.15, 0.2) is 48.7 Å². The zero-order valence-corrected chi connectivity index (χ0v) is 15.5. The van der Waals surface area contributed by atoms with E-state index in [4.69, 9.17) is 16.3 Å². The molecule has 0 atom stereocenters. The molecular weight excluding hydrogens is 374 g/mol. The summed E-state index contributed by atoms with van der Waals surface area (Å²) in [6.45, 7) is 0.779. The molecule has 0 aliphatic rings. The molecule has 0 saturated heterocycles. The Morgan fingerprint density at radius 1 is 1.23 bits per heavy atom. The first kappa shape index (κ1) is 18.1. The van der Waals surface area contributed by atoms with Gasteiger partial charge in [-0.05, 0) is 36.4 Å². The van der Waals surface area contributed by atoms with Gasteiger partial charge >= 0.3 is 6.03 Å². The minimum absolute atomic E-state index is 0.284. The van der Waals surface area contributed by atoms with Crippen LogP contribution in [0.2, 0.25) is 5.02 Å². The van der Waals surface area contributed by atoms with Gasteiger partial charge in [-0.3, -0.25) is 10.3 Å². The lowest BCUT2D eigenvalue weighted by Gasteiger charge is -2.17. The van der Waals surface area contributed by atoms with Crippen molar-refractivity contribution in [3.63, 3.8) is 0 Å². The van der Waals surface area contributed by atoms with Crippen LogP contribution in [0.3, 0.4) is 0 Å². The lowest BCUT2D eigenvalue weighted by molar-refractivity contribution is 0.207. The summed E-state index contributed by atoms with van der Waals surface area (Å²) in [5, 5.41) is 12.5. The number of aromatic nitrogens is 3. The molecule has 2 heterocycles. The quantitative estimate of drug-likeness (QED) is 0.693. The molecule has 0 bridgehead atoms. The van der Waals surface area contributed by atoms with Gasteiger partial charge in [-0.25, -0.2) is 4.79 Å². The second-order valence-corrected chi connectivity index (χ2v) is 6.70. The molecule has 1 N–H and O–H groups in total. The third-order valence-electron chi connectivity index (χ3n) is 3.38. The van der Waals surface area contributed by atoms with Gasteiger partial charge in [0.05, 0.1) is 6.54 Å². The molecule has 2 amide bonds. The van der Waals surface area contributed by atoms with E-state index in [1.165, 1.54) is 16.2 Å². The van der Waals surface area contributed by atoms with Crippen molar-refractivity contribution < 1.29 is 9.53 Å². The summed E-state index contributed by atoms with van der Waals surface area (Å²) in [6, 6.07) is 12.3. The van der Waals surface area contributed by atoms with Gasteiger partial charge in [-0.15, -0.1) is 10.2 Å². The second kappa shape index (κ2) is 8.59. The number of carbonyl (C=O) groups is 1. The third-order valence-corrected chi connectivity index (χ3v) is 4.49. The van der Waals surface area contributed by atoms with Crippen molar-refractivity contribution >= 4 is 34.1 Å². The highest BCUT2D eigenvalue weighted by Crippen LogP contribution is 2.24. The van der Waals surface area contributed by atoms with Crippen LogP contribution in [0, 0.1) is 0 Å². The van der Waals surface area contributed by atoms with Gasteiger partial charge in [0.15, 0.2) is 5.01 Å². The number of nitrogens with one attached hydrogen (secondary N) is 1. The van der Waals surface area contributed by atoms with Crippen LogP contribution in [0.4, 0.5) is 9.93 Å². The highest BCUT2D eigenvalue weighted by atomic mass is 35.5. The highest BCUT2D eigenvalue weighted by molar-refractivity contribution is 7.18. The number of hydrogen-bond acceptors (Lipinski definition) is 6. The number of rotatable bonds is 6. The van der Waals surface area contributed by atoms with Crippen LogP contribution >= 0.6 is 22.9 Å². The van der Waals surface area contributed by atoms with Gasteiger partial charge < -0.3 is 9.64 Å². The minimum Gasteiger partial charge on any atom is -0.492 e. The average Bonchev–Trinajstić information content (AvgIpc) is 3.12. The summed E-state index contributed by atoms with van der Waals surface area (Å²) < 4.78 is 5.58. The Kier molecular flexibility index (Phi) is 5.98. The molecule has 0 spiro atoms. The summed E-state index contributed by atoms with van der Waals surface area (Å²) in [6.07, 6.45) is 1.68. The first-order valence-electron chi connectivity index (χ1n) is 7.77. The molecule has 3 rings (SSSR count). The maximum atomic E-state index is 12.2. The lowest BCUT2D eigenvalue weighted by atomic mass is 10.3. The summed E-state index contributed by atoms with van der Waals surface area (Å²) >= 11 is 7.09. The van der Waals surface area contributed by atoms with E-state index in [-0.39, 0.29) is 6.03 Å². The number of benzene rings is 1. The molecule has 134 valence electrons. The predicted molar refractivity (Wildman–Crippen MR) is 102 cm³/mol. The Morgan fingerprint density at radius 3 is 2.77 bits per heavy atom. The maximum absolute atomic E-state index is 12.2. The second-order valence-electron chi connectivity index (χ2n) is 5.28. The van der Waals surface area contributed by atoms with Gasteiger partial charge in [-0.1, -0.05) is 29.0 Å². The van der Waals surface area contributed by atoms with Crippen molar-refractivity contribution in [2.75, 3.05) is 25.5 Å². The minimum atomic E-state index is -0.284. The van der Waals surface area contributed by atoms with Crippen molar-refractivity contribution in [2.24, 2.45) is 0 Å². The van der Waals surface area contributed by atoms with E-state index in [1.54, 1.807) is 37.5 Å². The molecule has 0 saturated carbocycles. The van der Waals surface area contributed by atoms with Crippen LogP contribution in [-0.4, -0.2) is 46.3 Å². The Morgan fingerprint density at radius 2 is 2.04 bits per heavy atom. The number of hydrogen-bond donors (Lipinski definition) is 1. The smallest absolute Gasteiger partial charge is 0.323 e. The fraction of sp³-hybridized carbons (Fsp3) is 0.176. The highest BCUT2D eigenvalue weighted by Gasteiger charge is 2.13. The van der Waals surface area contributed by atoms with Gasteiger partial charge in [-0.2, -0.15) is 0 Å². The molecule has 0 fully saturated rings. The number of anilines is 1. The van der Waals surface area contributed by atoms with Crippen molar-refractivity contribution in [2.45, 2.75) is 0 Å². The number of urea groups is 1. The molecule has 26 heavy (non-hydrogen) atoms. The van der Waals surface area contributed by atoms with Crippen molar-refractivity contribution in [1.82, 2.24) is 20.1 Å². The van der Waals surface area contributed by atoms with E-state index in [2.05, 4.69) is 20.5 Å². The Bertz CT molecular complexity index is 857.